The number of carboxylic acid groups (broad SMARTS) is 1. The van der Waals surface area contributed by atoms with Gasteiger partial charge in [0, 0.05) is 12.1 Å². The lowest BCUT2D eigenvalue weighted by molar-refractivity contribution is -0.157. The Morgan fingerprint density at radius 2 is 2.00 bits per heavy atom. The van der Waals surface area contributed by atoms with Crippen LogP contribution in [0.3, 0.4) is 0 Å². The fourth-order valence-corrected chi connectivity index (χ4v) is 1.60. The standard InChI is InChI=1S/C8H13NO3/c1-8(2)4-3-5-9(8)6(10)7(11)12/h3-5H2,1-2H3,(H,11,12). The first-order valence-electron chi connectivity index (χ1n) is 4.00. The van der Waals surface area contributed by atoms with Crippen molar-refractivity contribution in [2.24, 2.45) is 0 Å². The van der Waals surface area contributed by atoms with Crippen molar-refractivity contribution in [1.29, 1.82) is 0 Å². The fourth-order valence-electron chi connectivity index (χ4n) is 1.60. The number of amides is 1. The summed E-state index contributed by atoms with van der Waals surface area (Å²) in [5.74, 6) is -2.14. The van der Waals surface area contributed by atoms with Crippen molar-refractivity contribution in [2.75, 3.05) is 6.54 Å². The highest BCUT2D eigenvalue weighted by Crippen LogP contribution is 2.27. The average Bonchev–Trinajstić information content (AvgIpc) is 2.27. The molecular formula is C8H13NO3. The zero-order valence-electron chi connectivity index (χ0n) is 7.33. The summed E-state index contributed by atoms with van der Waals surface area (Å²) < 4.78 is 0. The third-order valence-corrected chi connectivity index (χ3v) is 2.33. The molecule has 1 fully saturated rings. The number of hydrogen-bond donors (Lipinski definition) is 1. The van der Waals surface area contributed by atoms with Crippen LogP contribution in [0.4, 0.5) is 0 Å². The van der Waals surface area contributed by atoms with E-state index < -0.39 is 11.9 Å². The second-order valence-corrected chi connectivity index (χ2v) is 3.68. The van der Waals surface area contributed by atoms with Crippen LogP contribution in [0.2, 0.25) is 0 Å². The van der Waals surface area contributed by atoms with Gasteiger partial charge in [-0.05, 0) is 26.7 Å². The molecule has 1 saturated heterocycles. The molecule has 0 aromatic rings. The number of carboxylic acids is 1. The minimum atomic E-state index is -1.36. The zero-order valence-corrected chi connectivity index (χ0v) is 7.33. The minimum absolute atomic E-state index is 0.282. The van der Waals surface area contributed by atoms with Gasteiger partial charge in [0.2, 0.25) is 0 Å². The predicted octanol–water partition coefficient (Wildman–Crippen LogP) is 0.472. The van der Waals surface area contributed by atoms with Gasteiger partial charge in [0.15, 0.2) is 0 Å². The van der Waals surface area contributed by atoms with Crippen LogP contribution in [-0.4, -0.2) is 34.0 Å². The third-order valence-electron chi connectivity index (χ3n) is 2.33. The molecule has 68 valence electrons. The summed E-state index contributed by atoms with van der Waals surface area (Å²) in [6.07, 6.45) is 1.78. The first kappa shape index (κ1) is 9.03. The lowest BCUT2D eigenvalue weighted by atomic mass is 10.0. The van der Waals surface area contributed by atoms with Crippen LogP contribution in [0, 0.1) is 0 Å². The maximum absolute atomic E-state index is 11.1. The molecule has 0 radical (unpaired) electrons. The summed E-state index contributed by atoms with van der Waals surface area (Å²) in [5.41, 5.74) is -0.282. The van der Waals surface area contributed by atoms with Crippen LogP contribution in [0.5, 0.6) is 0 Å². The van der Waals surface area contributed by atoms with E-state index in [2.05, 4.69) is 0 Å². The molecule has 0 aromatic carbocycles. The average molecular weight is 171 g/mol. The van der Waals surface area contributed by atoms with Crippen LogP contribution >= 0.6 is 0 Å². The molecule has 0 aromatic heterocycles. The van der Waals surface area contributed by atoms with Gasteiger partial charge in [0.1, 0.15) is 0 Å². The van der Waals surface area contributed by atoms with Crippen LogP contribution in [-0.2, 0) is 9.59 Å². The smallest absolute Gasteiger partial charge is 0.394 e. The monoisotopic (exact) mass is 171 g/mol. The Hall–Kier alpha value is -1.06. The molecule has 1 heterocycles. The summed E-state index contributed by atoms with van der Waals surface area (Å²) in [6.45, 7) is 4.35. The normalized spacial score (nSPS) is 21.0. The van der Waals surface area contributed by atoms with Gasteiger partial charge in [-0.1, -0.05) is 0 Å². The van der Waals surface area contributed by atoms with Crippen molar-refractivity contribution in [3.05, 3.63) is 0 Å². The number of carbonyl (C=O) groups is 2. The Morgan fingerprint density at radius 1 is 1.42 bits per heavy atom. The maximum Gasteiger partial charge on any atom is 0.394 e. The van der Waals surface area contributed by atoms with Crippen molar-refractivity contribution in [3.8, 4) is 0 Å². The number of aliphatic carboxylic acids is 1. The highest BCUT2D eigenvalue weighted by molar-refractivity contribution is 6.31. The van der Waals surface area contributed by atoms with Crippen molar-refractivity contribution < 1.29 is 14.7 Å². The van der Waals surface area contributed by atoms with E-state index in [1.807, 2.05) is 13.8 Å². The molecule has 0 atom stereocenters. The molecule has 12 heavy (non-hydrogen) atoms. The lowest BCUT2D eigenvalue weighted by Crippen LogP contribution is -2.45. The number of hydrogen-bond acceptors (Lipinski definition) is 2. The van der Waals surface area contributed by atoms with Gasteiger partial charge < -0.3 is 10.0 Å². The van der Waals surface area contributed by atoms with E-state index in [4.69, 9.17) is 5.11 Å². The largest absolute Gasteiger partial charge is 0.474 e. The number of rotatable bonds is 0. The number of nitrogens with zero attached hydrogens (tertiary/aromatic N) is 1. The molecule has 0 aliphatic carbocycles. The van der Waals surface area contributed by atoms with Gasteiger partial charge in [0.25, 0.3) is 0 Å². The molecule has 0 spiro atoms. The second-order valence-electron chi connectivity index (χ2n) is 3.68. The first-order chi connectivity index (χ1) is 5.45. The van der Waals surface area contributed by atoms with Gasteiger partial charge in [-0.3, -0.25) is 4.79 Å². The highest BCUT2D eigenvalue weighted by atomic mass is 16.4. The van der Waals surface area contributed by atoms with E-state index in [0.29, 0.717) is 6.54 Å². The second kappa shape index (κ2) is 2.77. The highest BCUT2D eigenvalue weighted by Gasteiger charge is 2.37. The maximum atomic E-state index is 11.1. The van der Waals surface area contributed by atoms with Gasteiger partial charge in [-0.15, -0.1) is 0 Å². The number of carbonyl (C=O) groups excluding carboxylic acids is 1. The molecule has 1 aliphatic rings. The summed E-state index contributed by atoms with van der Waals surface area (Å²) in [6, 6.07) is 0. The van der Waals surface area contributed by atoms with Gasteiger partial charge in [-0.25, -0.2) is 4.79 Å². The van der Waals surface area contributed by atoms with Gasteiger partial charge in [-0.2, -0.15) is 0 Å². The Bertz CT molecular complexity index is 222. The molecule has 1 aliphatic heterocycles. The molecule has 1 amide bonds. The van der Waals surface area contributed by atoms with E-state index in [1.54, 1.807) is 0 Å². The van der Waals surface area contributed by atoms with E-state index in [0.717, 1.165) is 12.8 Å². The zero-order chi connectivity index (χ0) is 9.35. The molecule has 0 saturated carbocycles. The molecule has 0 bridgehead atoms. The minimum Gasteiger partial charge on any atom is -0.474 e. The molecule has 1 rings (SSSR count). The van der Waals surface area contributed by atoms with Gasteiger partial charge in [0.05, 0.1) is 0 Å². The van der Waals surface area contributed by atoms with E-state index in [-0.39, 0.29) is 5.54 Å². The molecule has 0 unspecified atom stereocenters. The van der Waals surface area contributed by atoms with E-state index in [9.17, 15) is 9.59 Å². The van der Waals surface area contributed by atoms with Crippen LogP contribution in [0.15, 0.2) is 0 Å². The Morgan fingerprint density at radius 3 is 2.33 bits per heavy atom. The molecule has 1 N–H and O–H groups in total. The Kier molecular flexibility index (Phi) is 2.08. The number of likely N-dealkylation sites (tertiary alicyclic amines) is 1. The molecule has 4 nitrogen and oxygen atoms in total. The van der Waals surface area contributed by atoms with Crippen molar-refractivity contribution in [3.63, 3.8) is 0 Å². The quantitative estimate of drug-likeness (QED) is 0.539. The Labute approximate surface area is 71.2 Å². The van der Waals surface area contributed by atoms with Gasteiger partial charge >= 0.3 is 11.9 Å². The van der Waals surface area contributed by atoms with E-state index in [1.165, 1.54) is 4.90 Å². The SMILES string of the molecule is CC1(C)CCCN1C(=O)C(=O)O. The summed E-state index contributed by atoms with van der Waals surface area (Å²) in [5, 5.41) is 8.48. The summed E-state index contributed by atoms with van der Waals surface area (Å²) in [7, 11) is 0. The lowest BCUT2D eigenvalue weighted by Gasteiger charge is -2.29. The van der Waals surface area contributed by atoms with Crippen molar-refractivity contribution in [2.45, 2.75) is 32.2 Å². The third kappa shape index (κ3) is 1.42. The summed E-state index contributed by atoms with van der Waals surface area (Å²) in [4.78, 5) is 22.9. The fraction of sp³-hybridized carbons (Fsp3) is 0.750. The van der Waals surface area contributed by atoms with Crippen molar-refractivity contribution in [1.82, 2.24) is 4.90 Å². The van der Waals surface area contributed by atoms with Crippen LogP contribution in [0.1, 0.15) is 26.7 Å². The molecular weight excluding hydrogens is 158 g/mol. The van der Waals surface area contributed by atoms with E-state index >= 15 is 0 Å². The predicted molar refractivity (Wildman–Crippen MR) is 42.7 cm³/mol. The van der Waals surface area contributed by atoms with Crippen molar-refractivity contribution >= 4 is 11.9 Å². The van der Waals surface area contributed by atoms with Crippen LogP contribution < -0.4 is 0 Å². The topological polar surface area (TPSA) is 57.6 Å². The summed E-state index contributed by atoms with van der Waals surface area (Å²) >= 11 is 0. The molecule has 4 heteroatoms. The Balaban J connectivity index is 2.76. The first-order valence-corrected chi connectivity index (χ1v) is 4.00. The van der Waals surface area contributed by atoms with Crippen LogP contribution in [0.25, 0.3) is 0 Å².